The van der Waals surface area contributed by atoms with Crippen molar-refractivity contribution in [1.82, 2.24) is 4.72 Å². The molecule has 0 unspecified atom stereocenters. The number of Topliss-reactive ketones (excluding diaryl/α,β-unsaturated/α-hetero) is 1. The molecule has 0 saturated carbocycles. The van der Waals surface area contributed by atoms with Crippen molar-refractivity contribution in [2.45, 2.75) is 18.2 Å². The first kappa shape index (κ1) is 19.1. The van der Waals surface area contributed by atoms with E-state index in [2.05, 4.69) is 10.0 Å². The van der Waals surface area contributed by atoms with Gasteiger partial charge in [-0.1, -0.05) is 11.6 Å². The van der Waals surface area contributed by atoms with Crippen molar-refractivity contribution in [3.05, 3.63) is 59.1 Å². The Kier molecular flexibility index (Phi) is 6.30. The zero-order valence-corrected chi connectivity index (χ0v) is 15.0. The van der Waals surface area contributed by atoms with Gasteiger partial charge >= 0.3 is 0 Å². The molecule has 0 bridgehead atoms. The SMILES string of the molecule is CC(=O)c1ccc(NC(=O)CCNS(=O)(=O)c2ccc(Cl)cc2)cc1. The van der Waals surface area contributed by atoms with Gasteiger partial charge in [-0.15, -0.1) is 0 Å². The lowest BCUT2D eigenvalue weighted by atomic mass is 10.1. The smallest absolute Gasteiger partial charge is 0.240 e. The maximum Gasteiger partial charge on any atom is 0.240 e. The molecule has 2 aromatic rings. The molecule has 0 aliphatic heterocycles. The Balaban J connectivity index is 1.85. The van der Waals surface area contributed by atoms with Gasteiger partial charge in [0.1, 0.15) is 0 Å². The van der Waals surface area contributed by atoms with Crippen LogP contribution in [-0.4, -0.2) is 26.7 Å². The van der Waals surface area contributed by atoms with Crippen molar-refractivity contribution in [3.63, 3.8) is 0 Å². The van der Waals surface area contributed by atoms with Crippen LogP contribution in [0.3, 0.4) is 0 Å². The number of amides is 1. The van der Waals surface area contributed by atoms with Gasteiger partial charge in [-0.3, -0.25) is 9.59 Å². The van der Waals surface area contributed by atoms with E-state index in [1.807, 2.05) is 0 Å². The van der Waals surface area contributed by atoms with Crippen molar-refractivity contribution in [3.8, 4) is 0 Å². The van der Waals surface area contributed by atoms with E-state index in [4.69, 9.17) is 11.6 Å². The highest BCUT2D eigenvalue weighted by Crippen LogP contribution is 2.14. The lowest BCUT2D eigenvalue weighted by Crippen LogP contribution is -2.27. The van der Waals surface area contributed by atoms with Gasteiger partial charge in [0.15, 0.2) is 5.78 Å². The molecule has 6 nitrogen and oxygen atoms in total. The van der Waals surface area contributed by atoms with Crippen molar-refractivity contribution in [2.75, 3.05) is 11.9 Å². The number of rotatable bonds is 7. The third kappa shape index (κ3) is 5.67. The molecule has 0 saturated heterocycles. The molecule has 0 aliphatic rings. The Morgan fingerprint density at radius 1 is 1.00 bits per heavy atom. The standard InChI is InChI=1S/C17H17ClN2O4S/c1-12(21)13-2-6-15(7-3-13)20-17(22)10-11-19-25(23,24)16-8-4-14(18)5-9-16/h2-9,19H,10-11H2,1H3,(H,20,22). The fourth-order valence-corrected chi connectivity index (χ4v) is 3.17. The van der Waals surface area contributed by atoms with Crippen molar-refractivity contribution in [1.29, 1.82) is 0 Å². The molecule has 0 fully saturated rings. The van der Waals surface area contributed by atoms with E-state index in [0.29, 0.717) is 16.3 Å². The van der Waals surface area contributed by atoms with Crippen molar-refractivity contribution >= 4 is 39.0 Å². The first-order valence-corrected chi connectivity index (χ1v) is 9.30. The maximum atomic E-state index is 12.1. The summed E-state index contributed by atoms with van der Waals surface area (Å²) in [6.07, 6.45) is -0.0265. The minimum absolute atomic E-state index is 0.0265. The number of sulfonamides is 1. The largest absolute Gasteiger partial charge is 0.326 e. The average molecular weight is 381 g/mol. The molecule has 0 radical (unpaired) electrons. The fraction of sp³-hybridized carbons (Fsp3) is 0.176. The number of nitrogens with one attached hydrogen (secondary N) is 2. The topological polar surface area (TPSA) is 92.3 Å². The molecule has 2 N–H and O–H groups in total. The Hall–Kier alpha value is -2.22. The quantitative estimate of drug-likeness (QED) is 0.722. The number of halogens is 1. The minimum Gasteiger partial charge on any atom is -0.326 e. The molecule has 2 aromatic carbocycles. The molecule has 8 heteroatoms. The first-order valence-electron chi connectivity index (χ1n) is 7.44. The van der Waals surface area contributed by atoms with Crippen LogP contribution in [0.25, 0.3) is 0 Å². The average Bonchev–Trinajstić information content (AvgIpc) is 2.55. The number of carbonyl (C=O) groups excluding carboxylic acids is 2. The Morgan fingerprint density at radius 3 is 2.16 bits per heavy atom. The van der Waals surface area contributed by atoms with Crippen LogP contribution >= 0.6 is 11.6 Å². The van der Waals surface area contributed by atoms with E-state index >= 15 is 0 Å². The third-order valence-electron chi connectivity index (χ3n) is 3.34. The van der Waals surface area contributed by atoms with Gasteiger partial charge in [-0.05, 0) is 55.5 Å². The van der Waals surface area contributed by atoms with Gasteiger partial charge in [0.25, 0.3) is 0 Å². The summed E-state index contributed by atoms with van der Waals surface area (Å²) in [6, 6.07) is 12.2. The molecule has 0 atom stereocenters. The Bertz CT molecular complexity index is 863. The highest BCUT2D eigenvalue weighted by Gasteiger charge is 2.14. The van der Waals surface area contributed by atoms with Crippen LogP contribution < -0.4 is 10.0 Å². The van der Waals surface area contributed by atoms with Crippen LogP contribution in [0.5, 0.6) is 0 Å². The third-order valence-corrected chi connectivity index (χ3v) is 5.07. The highest BCUT2D eigenvalue weighted by atomic mass is 35.5. The number of ketones is 1. The number of anilines is 1. The number of hydrogen-bond acceptors (Lipinski definition) is 4. The van der Waals surface area contributed by atoms with Crippen LogP contribution in [0, 0.1) is 0 Å². The van der Waals surface area contributed by atoms with Gasteiger partial charge in [0.05, 0.1) is 4.90 Å². The van der Waals surface area contributed by atoms with Crippen LogP contribution in [0.2, 0.25) is 5.02 Å². The fourth-order valence-electron chi connectivity index (χ4n) is 2.01. The Morgan fingerprint density at radius 2 is 1.60 bits per heavy atom. The lowest BCUT2D eigenvalue weighted by Gasteiger charge is -2.08. The van der Waals surface area contributed by atoms with Crippen LogP contribution in [0.15, 0.2) is 53.4 Å². The van der Waals surface area contributed by atoms with E-state index in [1.165, 1.54) is 31.2 Å². The zero-order chi connectivity index (χ0) is 18.4. The van der Waals surface area contributed by atoms with E-state index in [9.17, 15) is 18.0 Å². The summed E-state index contributed by atoms with van der Waals surface area (Å²) in [4.78, 5) is 23.1. The van der Waals surface area contributed by atoms with Gasteiger partial charge in [0, 0.05) is 29.2 Å². The summed E-state index contributed by atoms with van der Waals surface area (Å²) >= 11 is 5.72. The second-order valence-corrected chi connectivity index (χ2v) is 7.49. The summed E-state index contributed by atoms with van der Waals surface area (Å²) < 4.78 is 26.5. The summed E-state index contributed by atoms with van der Waals surface area (Å²) in [5.74, 6) is -0.399. The van der Waals surface area contributed by atoms with Gasteiger partial charge in [0.2, 0.25) is 15.9 Å². The molecule has 0 spiro atoms. The minimum atomic E-state index is -3.69. The second-order valence-electron chi connectivity index (χ2n) is 5.28. The predicted octanol–water partition coefficient (Wildman–Crippen LogP) is 2.85. The maximum absolute atomic E-state index is 12.1. The van der Waals surface area contributed by atoms with Crippen LogP contribution in [0.1, 0.15) is 23.7 Å². The van der Waals surface area contributed by atoms with Gasteiger partial charge in [-0.2, -0.15) is 0 Å². The molecular formula is C17H17ClN2O4S. The summed E-state index contributed by atoms with van der Waals surface area (Å²) in [5, 5.41) is 3.08. The van der Waals surface area contributed by atoms with E-state index in [0.717, 1.165) is 0 Å². The molecular weight excluding hydrogens is 364 g/mol. The van der Waals surface area contributed by atoms with Crippen LogP contribution in [-0.2, 0) is 14.8 Å². The summed E-state index contributed by atoms with van der Waals surface area (Å²) in [6.45, 7) is 1.42. The van der Waals surface area contributed by atoms with Gasteiger partial charge < -0.3 is 5.32 Å². The monoisotopic (exact) mass is 380 g/mol. The van der Waals surface area contributed by atoms with Crippen molar-refractivity contribution in [2.24, 2.45) is 0 Å². The molecule has 132 valence electrons. The van der Waals surface area contributed by atoms with E-state index in [1.54, 1.807) is 24.3 Å². The predicted molar refractivity (Wildman–Crippen MR) is 96.3 cm³/mol. The Labute approximate surface area is 151 Å². The summed E-state index contributed by atoms with van der Waals surface area (Å²) in [5.41, 5.74) is 1.09. The molecule has 0 aliphatic carbocycles. The molecule has 25 heavy (non-hydrogen) atoms. The molecule has 0 aromatic heterocycles. The normalized spacial score (nSPS) is 11.1. The number of carbonyl (C=O) groups is 2. The van der Waals surface area contributed by atoms with Crippen LogP contribution in [0.4, 0.5) is 5.69 Å². The van der Waals surface area contributed by atoms with E-state index in [-0.39, 0.29) is 29.6 Å². The second kappa shape index (κ2) is 8.24. The molecule has 2 rings (SSSR count). The lowest BCUT2D eigenvalue weighted by molar-refractivity contribution is -0.116. The first-order chi connectivity index (χ1) is 11.8. The van der Waals surface area contributed by atoms with Crippen molar-refractivity contribution < 1.29 is 18.0 Å². The van der Waals surface area contributed by atoms with Gasteiger partial charge in [-0.25, -0.2) is 13.1 Å². The highest BCUT2D eigenvalue weighted by molar-refractivity contribution is 7.89. The zero-order valence-electron chi connectivity index (χ0n) is 13.5. The molecule has 1 amide bonds. The number of hydrogen-bond donors (Lipinski definition) is 2. The summed E-state index contributed by atoms with van der Waals surface area (Å²) in [7, 11) is -3.69. The van der Waals surface area contributed by atoms with E-state index < -0.39 is 10.0 Å². The molecule has 0 heterocycles. The number of benzene rings is 2.